The highest BCUT2D eigenvalue weighted by atomic mass is 79.9. The molecule has 0 radical (unpaired) electrons. The van der Waals surface area contributed by atoms with Gasteiger partial charge in [0, 0.05) is 17.0 Å². The van der Waals surface area contributed by atoms with Gasteiger partial charge < -0.3 is 0 Å². The van der Waals surface area contributed by atoms with Crippen LogP contribution in [0.3, 0.4) is 0 Å². The maximum atomic E-state index is 13.7. The van der Waals surface area contributed by atoms with E-state index < -0.39 is 16.5 Å². The van der Waals surface area contributed by atoms with Crippen LogP contribution in [0.25, 0.3) is 0 Å². The second kappa shape index (κ2) is 5.92. The van der Waals surface area contributed by atoms with E-state index >= 15 is 0 Å². The van der Waals surface area contributed by atoms with Gasteiger partial charge in [-0.1, -0.05) is 28.1 Å². The average molecular weight is 338 g/mol. The number of benzene rings is 2. The average Bonchev–Trinajstić information content (AvgIpc) is 2.41. The zero-order valence-electron chi connectivity index (χ0n) is 10.2. The quantitative estimate of drug-likeness (QED) is 0.482. The van der Waals surface area contributed by atoms with Crippen molar-refractivity contribution in [3.8, 4) is 0 Å². The maximum Gasteiger partial charge on any atom is 0.272 e. The summed E-state index contributed by atoms with van der Waals surface area (Å²) in [6.07, 6.45) is 0.0437. The predicted octanol–water partition coefficient (Wildman–Crippen LogP) is 3.92. The molecule has 0 N–H and O–H groups in total. The summed E-state index contributed by atoms with van der Waals surface area (Å²) in [4.78, 5) is 21.8. The van der Waals surface area contributed by atoms with E-state index in [1.54, 1.807) is 24.3 Å². The molecule has 6 heteroatoms. The molecule has 0 saturated carbocycles. The lowest BCUT2D eigenvalue weighted by atomic mass is 10.0. The molecule has 0 aliphatic rings. The Hall–Kier alpha value is -2.08. The lowest BCUT2D eigenvalue weighted by Gasteiger charge is -2.03. The van der Waals surface area contributed by atoms with Crippen LogP contribution in [-0.4, -0.2) is 10.7 Å². The number of carbonyl (C=O) groups is 1. The molecule has 2 aromatic rings. The van der Waals surface area contributed by atoms with Gasteiger partial charge in [-0.05, 0) is 23.8 Å². The van der Waals surface area contributed by atoms with Gasteiger partial charge in [-0.25, -0.2) is 4.39 Å². The number of hydrogen-bond acceptors (Lipinski definition) is 3. The number of ketones is 1. The molecule has 102 valence electrons. The molecule has 4 nitrogen and oxygen atoms in total. The van der Waals surface area contributed by atoms with Crippen molar-refractivity contribution < 1.29 is 14.1 Å². The number of nitro groups is 1. The number of Topliss-reactive ketones (excluding diaryl/α,β-unsaturated/α-hetero) is 1. The maximum absolute atomic E-state index is 13.7. The first-order valence-corrected chi connectivity index (χ1v) is 6.48. The van der Waals surface area contributed by atoms with E-state index in [0.717, 1.165) is 28.2 Å². The second-order valence-electron chi connectivity index (χ2n) is 4.15. The fraction of sp³-hybridized carbons (Fsp3) is 0.0714. The van der Waals surface area contributed by atoms with Crippen LogP contribution in [0.1, 0.15) is 15.9 Å². The Morgan fingerprint density at radius 2 is 1.85 bits per heavy atom. The molecular formula is C14H9BrFNO3. The molecule has 0 saturated heterocycles. The Kier molecular flexibility index (Phi) is 4.24. The molecule has 0 amide bonds. The van der Waals surface area contributed by atoms with Crippen LogP contribution in [0.4, 0.5) is 10.1 Å². The fourth-order valence-electron chi connectivity index (χ4n) is 1.73. The Morgan fingerprint density at radius 3 is 2.40 bits per heavy atom. The van der Waals surface area contributed by atoms with Crippen LogP contribution in [0.5, 0.6) is 0 Å². The van der Waals surface area contributed by atoms with Crippen LogP contribution in [-0.2, 0) is 6.42 Å². The SMILES string of the molecule is O=C(Cc1ccc(Br)cc1)c1ccc([N+](=O)[O-])cc1F. The van der Waals surface area contributed by atoms with Gasteiger partial charge in [0.05, 0.1) is 16.6 Å². The molecule has 0 aliphatic carbocycles. The van der Waals surface area contributed by atoms with Crippen molar-refractivity contribution in [3.05, 3.63) is 74.0 Å². The molecule has 0 atom stereocenters. The molecule has 0 unspecified atom stereocenters. The molecule has 0 aromatic heterocycles. The predicted molar refractivity (Wildman–Crippen MR) is 75.2 cm³/mol. The second-order valence-corrected chi connectivity index (χ2v) is 5.06. The van der Waals surface area contributed by atoms with E-state index in [4.69, 9.17) is 0 Å². The van der Waals surface area contributed by atoms with Gasteiger partial charge >= 0.3 is 0 Å². The van der Waals surface area contributed by atoms with Gasteiger partial charge in [0.15, 0.2) is 5.78 Å². The summed E-state index contributed by atoms with van der Waals surface area (Å²) >= 11 is 3.28. The number of halogens is 2. The van der Waals surface area contributed by atoms with Gasteiger partial charge in [-0.15, -0.1) is 0 Å². The molecule has 0 fully saturated rings. The Balaban J connectivity index is 2.21. The first-order chi connectivity index (χ1) is 9.47. The van der Waals surface area contributed by atoms with Gasteiger partial charge in [-0.2, -0.15) is 0 Å². The minimum atomic E-state index is -0.874. The van der Waals surface area contributed by atoms with Crippen LogP contribution < -0.4 is 0 Å². The number of carbonyl (C=O) groups excluding carboxylic acids is 1. The van der Waals surface area contributed by atoms with Crippen molar-refractivity contribution >= 4 is 27.4 Å². The van der Waals surface area contributed by atoms with Crippen molar-refractivity contribution in [3.63, 3.8) is 0 Å². The van der Waals surface area contributed by atoms with E-state index in [0.29, 0.717) is 0 Å². The lowest BCUT2D eigenvalue weighted by Crippen LogP contribution is -2.06. The summed E-state index contributed by atoms with van der Waals surface area (Å²) in [7, 11) is 0. The molecular weight excluding hydrogens is 329 g/mol. The molecule has 0 spiro atoms. The smallest absolute Gasteiger partial charge is 0.272 e. The number of non-ortho nitro benzene ring substituents is 1. The van der Waals surface area contributed by atoms with Crippen molar-refractivity contribution in [1.82, 2.24) is 0 Å². The Bertz CT molecular complexity index is 671. The third kappa shape index (κ3) is 3.27. The van der Waals surface area contributed by atoms with E-state index in [1.807, 2.05) is 0 Å². The summed E-state index contributed by atoms with van der Waals surface area (Å²) in [5, 5.41) is 10.5. The van der Waals surface area contributed by atoms with Crippen molar-refractivity contribution in [1.29, 1.82) is 0 Å². The Labute approximate surface area is 122 Å². The first-order valence-electron chi connectivity index (χ1n) is 5.69. The van der Waals surface area contributed by atoms with E-state index in [-0.39, 0.29) is 17.7 Å². The fourth-order valence-corrected chi connectivity index (χ4v) is 1.99. The zero-order chi connectivity index (χ0) is 14.7. The van der Waals surface area contributed by atoms with Crippen LogP contribution in [0.15, 0.2) is 46.9 Å². The Morgan fingerprint density at radius 1 is 1.20 bits per heavy atom. The molecule has 2 rings (SSSR count). The summed E-state index contributed by atoms with van der Waals surface area (Å²) in [5.74, 6) is -1.29. The first kappa shape index (κ1) is 14.3. The summed E-state index contributed by atoms with van der Waals surface area (Å²) in [6.45, 7) is 0. The molecule has 20 heavy (non-hydrogen) atoms. The minimum Gasteiger partial charge on any atom is -0.294 e. The number of nitrogens with zero attached hydrogens (tertiary/aromatic N) is 1. The van der Waals surface area contributed by atoms with Gasteiger partial charge in [0.25, 0.3) is 5.69 Å². The van der Waals surface area contributed by atoms with Gasteiger partial charge in [-0.3, -0.25) is 14.9 Å². The summed E-state index contributed by atoms with van der Waals surface area (Å²) in [6, 6.07) is 10.1. The molecule has 0 aliphatic heterocycles. The topological polar surface area (TPSA) is 60.2 Å². The van der Waals surface area contributed by atoms with Crippen molar-refractivity contribution in [2.24, 2.45) is 0 Å². The molecule has 0 heterocycles. The van der Waals surface area contributed by atoms with Crippen molar-refractivity contribution in [2.75, 3.05) is 0 Å². The van der Waals surface area contributed by atoms with Crippen LogP contribution >= 0.6 is 15.9 Å². The standard InChI is InChI=1S/C14H9BrFNO3/c15-10-3-1-9(2-4-10)7-14(18)12-6-5-11(17(19)20)8-13(12)16/h1-6,8H,7H2. The van der Waals surface area contributed by atoms with E-state index in [1.165, 1.54) is 0 Å². The summed E-state index contributed by atoms with van der Waals surface area (Å²) < 4.78 is 14.6. The normalized spacial score (nSPS) is 10.3. The van der Waals surface area contributed by atoms with Crippen molar-refractivity contribution in [2.45, 2.75) is 6.42 Å². The number of hydrogen-bond donors (Lipinski definition) is 0. The largest absolute Gasteiger partial charge is 0.294 e. The minimum absolute atomic E-state index is 0.0437. The highest BCUT2D eigenvalue weighted by Gasteiger charge is 2.16. The number of nitro benzene ring substituents is 1. The molecule has 0 bridgehead atoms. The molecule has 2 aromatic carbocycles. The third-order valence-electron chi connectivity index (χ3n) is 2.74. The van der Waals surface area contributed by atoms with Crippen LogP contribution in [0, 0.1) is 15.9 Å². The van der Waals surface area contributed by atoms with E-state index in [9.17, 15) is 19.3 Å². The third-order valence-corrected chi connectivity index (χ3v) is 3.27. The van der Waals surface area contributed by atoms with Crippen LogP contribution in [0.2, 0.25) is 0 Å². The van der Waals surface area contributed by atoms with Gasteiger partial charge in [0.1, 0.15) is 5.82 Å². The van der Waals surface area contributed by atoms with Gasteiger partial charge in [0.2, 0.25) is 0 Å². The highest BCUT2D eigenvalue weighted by molar-refractivity contribution is 9.10. The number of rotatable bonds is 4. The highest BCUT2D eigenvalue weighted by Crippen LogP contribution is 2.19. The monoisotopic (exact) mass is 337 g/mol. The lowest BCUT2D eigenvalue weighted by molar-refractivity contribution is -0.385. The van der Waals surface area contributed by atoms with E-state index in [2.05, 4.69) is 15.9 Å². The zero-order valence-corrected chi connectivity index (χ0v) is 11.8. The summed E-state index contributed by atoms with van der Waals surface area (Å²) in [5.41, 5.74) is 0.233.